The summed E-state index contributed by atoms with van der Waals surface area (Å²) in [6.45, 7) is 2.41. The van der Waals surface area contributed by atoms with Gasteiger partial charge in [-0.05, 0) is 29.7 Å². The van der Waals surface area contributed by atoms with Crippen molar-refractivity contribution in [1.82, 2.24) is 5.43 Å². The van der Waals surface area contributed by atoms with Crippen molar-refractivity contribution < 1.29 is 9.53 Å². The second-order valence-corrected chi connectivity index (χ2v) is 5.99. The fourth-order valence-corrected chi connectivity index (χ4v) is 2.67. The van der Waals surface area contributed by atoms with Gasteiger partial charge >= 0.3 is 0 Å². The fraction of sp³-hybridized carbons (Fsp3) is 0.130. The second kappa shape index (κ2) is 9.34. The first-order valence-electron chi connectivity index (χ1n) is 8.96. The largest absolute Gasteiger partial charge is 0.488 e. The van der Waals surface area contributed by atoms with E-state index < -0.39 is 0 Å². The van der Waals surface area contributed by atoms with Crippen LogP contribution >= 0.6 is 0 Å². The molecule has 3 aromatic carbocycles. The lowest BCUT2D eigenvalue weighted by Gasteiger charge is -2.11. The van der Waals surface area contributed by atoms with Crippen molar-refractivity contribution >= 4 is 11.6 Å². The normalized spacial score (nSPS) is 11.1. The van der Waals surface area contributed by atoms with Crippen molar-refractivity contribution in [1.29, 1.82) is 0 Å². The van der Waals surface area contributed by atoms with Crippen molar-refractivity contribution in [3.63, 3.8) is 0 Å². The van der Waals surface area contributed by atoms with Gasteiger partial charge < -0.3 is 4.74 Å². The monoisotopic (exact) mass is 358 g/mol. The maximum Gasteiger partial charge on any atom is 0.275 e. The van der Waals surface area contributed by atoms with Gasteiger partial charge in [-0.1, -0.05) is 79.7 Å². The van der Waals surface area contributed by atoms with E-state index in [1.54, 1.807) is 12.1 Å². The summed E-state index contributed by atoms with van der Waals surface area (Å²) in [5.41, 5.74) is 5.98. The summed E-state index contributed by atoms with van der Waals surface area (Å²) in [4.78, 5) is 12.6. The second-order valence-electron chi connectivity index (χ2n) is 5.99. The van der Waals surface area contributed by atoms with Crippen LogP contribution in [-0.2, 0) is 6.61 Å². The molecule has 0 unspecified atom stereocenters. The minimum absolute atomic E-state index is 0.291. The highest BCUT2D eigenvalue weighted by atomic mass is 16.5. The number of para-hydroxylation sites is 1. The molecule has 0 saturated heterocycles. The van der Waals surface area contributed by atoms with Gasteiger partial charge in [-0.3, -0.25) is 4.79 Å². The molecule has 0 fully saturated rings. The van der Waals surface area contributed by atoms with Crippen LogP contribution in [-0.4, -0.2) is 11.6 Å². The van der Waals surface area contributed by atoms with Crippen LogP contribution in [0.15, 0.2) is 90.0 Å². The fourth-order valence-electron chi connectivity index (χ4n) is 2.67. The van der Waals surface area contributed by atoms with Crippen LogP contribution < -0.4 is 10.2 Å². The van der Waals surface area contributed by atoms with Crippen LogP contribution in [0.3, 0.4) is 0 Å². The number of nitrogens with one attached hydrogen (secondary N) is 1. The quantitative estimate of drug-likeness (QED) is 0.487. The van der Waals surface area contributed by atoms with Crippen LogP contribution in [0.1, 0.15) is 34.8 Å². The summed E-state index contributed by atoms with van der Waals surface area (Å²) in [5.74, 6) is 0.243. The predicted molar refractivity (Wildman–Crippen MR) is 108 cm³/mol. The van der Waals surface area contributed by atoms with Crippen LogP contribution in [0.2, 0.25) is 0 Å². The molecule has 0 atom stereocenters. The van der Waals surface area contributed by atoms with Gasteiger partial charge in [0.05, 0.1) is 11.3 Å². The Morgan fingerprint density at radius 3 is 2.22 bits per heavy atom. The highest BCUT2D eigenvalue weighted by Crippen LogP contribution is 2.19. The van der Waals surface area contributed by atoms with Crippen molar-refractivity contribution in [2.75, 3.05) is 0 Å². The molecule has 0 spiro atoms. The lowest BCUT2D eigenvalue weighted by atomic mass is 10.1. The van der Waals surface area contributed by atoms with E-state index in [1.165, 1.54) is 0 Å². The topological polar surface area (TPSA) is 50.7 Å². The Hall–Kier alpha value is -3.40. The SMILES string of the molecule is CC/C(=N\NC(=O)c1ccccc1OCc1ccccc1)c1ccccc1. The Morgan fingerprint density at radius 2 is 1.52 bits per heavy atom. The molecular weight excluding hydrogens is 336 g/mol. The summed E-state index contributed by atoms with van der Waals surface area (Å²) < 4.78 is 5.85. The molecule has 1 amide bonds. The summed E-state index contributed by atoms with van der Waals surface area (Å²) in [6.07, 6.45) is 0.719. The third-order valence-corrected chi connectivity index (χ3v) is 4.10. The number of hydrogen-bond donors (Lipinski definition) is 1. The zero-order valence-corrected chi connectivity index (χ0v) is 15.3. The minimum Gasteiger partial charge on any atom is -0.488 e. The summed E-state index contributed by atoms with van der Waals surface area (Å²) >= 11 is 0. The molecule has 0 aromatic heterocycles. The third kappa shape index (κ3) is 5.05. The Labute approximate surface area is 159 Å². The van der Waals surface area contributed by atoms with E-state index in [-0.39, 0.29) is 5.91 Å². The van der Waals surface area contributed by atoms with Gasteiger partial charge in [0.15, 0.2) is 0 Å². The molecule has 0 heterocycles. The Morgan fingerprint density at radius 1 is 0.889 bits per heavy atom. The zero-order valence-electron chi connectivity index (χ0n) is 15.3. The zero-order chi connectivity index (χ0) is 18.9. The van der Waals surface area contributed by atoms with E-state index in [0.717, 1.165) is 23.3 Å². The maximum absolute atomic E-state index is 12.6. The van der Waals surface area contributed by atoms with E-state index in [9.17, 15) is 4.79 Å². The van der Waals surface area contributed by atoms with E-state index in [1.807, 2.05) is 79.7 Å². The van der Waals surface area contributed by atoms with Crippen molar-refractivity contribution in [2.45, 2.75) is 20.0 Å². The summed E-state index contributed by atoms with van der Waals surface area (Å²) in [7, 11) is 0. The van der Waals surface area contributed by atoms with Crippen molar-refractivity contribution in [3.8, 4) is 5.75 Å². The molecule has 1 N–H and O–H groups in total. The van der Waals surface area contributed by atoms with E-state index in [4.69, 9.17) is 4.74 Å². The molecule has 136 valence electrons. The molecule has 3 rings (SSSR count). The van der Waals surface area contributed by atoms with Crippen molar-refractivity contribution in [3.05, 3.63) is 102 Å². The highest BCUT2D eigenvalue weighted by molar-refractivity contribution is 6.02. The standard InChI is InChI=1S/C23H22N2O2/c1-2-21(19-13-7-4-8-14-19)24-25-23(26)20-15-9-10-16-22(20)27-17-18-11-5-3-6-12-18/h3-16H,2,17H2,1H3,(H,25,26)/b24-21+. The first-order chi connectivity index (χ1) is 13.3. The van der Waals surface area contributed by atoms with Gasteiger partial charge in [0.25, 0.3) is 5.91 Å². The molecule has 4 nitrogen and oxygen atoms in total. The van der Waals surface area contributed by atoms with Crippen molar-refractivity contribution in [2.24, 2.45) is 5.10 Å². The third-order valence-electron chi connectivity index (χ3n) is 4.10. The maximum atomic E-state index is 12.6. The Kier molecular flexibility index (Phi) is 6.36. The van der Waals surface area contributed by atoms with E-state index in [0.29, 0.717) is 17.9 Å². The lowest BCUT2D eigenvalue weighted by molar-refractivity contribution is 0.0950. The number of carbonyl (C=O) groups is 1. The van der Waals surface area contributed by atoms with Gasteiger partial charge in [-0.15, -0.1) is 0 Å². The van der Waals surface area contributed by atoms with E-state index >= 15 is 0 Å². The van der Waals surface area contributed by atoms with Crippen LogP contribution in [0, 0.1) is 0 Å². The first kappa shape index (κ1) is 18.4. The number of carbonyl (C=O) groups excluding carboxylic acids is 1. The van der Waals surface area contributed by atoms with Crippen LogP contribution in [0.25, 0.3) is 0 Å². The number of hydrogen-bond acceptors (Lipinski definition) is 3. The summed E-state index contributed by atoms with van der Waals surface area (Å²) in [5, 5.41) is 4.31. The molecule has 0 saturated carbocycles. The predicted octanol–water partition coefficient (Wildman–Crippen LogP) is 4.81. The lowest BCUT2D eigenvalue weighted by Crippen LogP contribution is -2.20. The number of ether oxygens (including phenoxy) is 1. The molecule has 0 aliphatic heterocycles. The number of benzene rings is 3. The smallest absolute Gasteiger partial charge is 0.275 e. The van der Waals surface area contributed by atoms with Crippen LogP contribution in [0.5, 0.6) is 5.75 Å². The molecular formula is C23H22N2O2. The number of amides is 1. The average Bonchev–Trinajstić information content (AvgIpc) is 2.74. The molecule has 0 bridgehead atoms. The molecule has 0 aliphatic rings. The minimum atomic E-state index is -0.291. The van der Waals surface area contributed by atoms with Gasteiger partial charge in [0.1, 0.15) is 12.4 Å². The average molecular weight is 358 g/mol. The van der Waals surface area contributed by atoms with E-state index in [2.05, 4.69) is 10.5 Å². The molecule has 0 aliphatic carbocycles. The number of rotatable bonds is 7. The molecule has 27 heavy (non-hydrogen) atoms. The Balaban J connectivity index is 1.72. The van der Waals surface area contributed by atoms with Gasteiger partial charge in [0, 0.05) is 0 Å². The number of nitrogens with zero attached hydrogens (tertiary/aromatic N) is 1. The molecule has 0 radical (unpaired) electrons. The van der Waals surface area contributed by atoms with Gasteiger partial charge in [-0.25, -0.2) is 5.43 Å². The van der Waals surface area contributed by atoms with Gasteiger partial charge in [-0.2, -0.15) is 5.10 Å². The van der Waals surface area contributed by atoms with Gasteiger partial charge in [0.2, 0.25) is 0 Å². The molecule has 4 heteroatoms. The van der Waals surface area contributed by atoms with Crippen LogP contribution in [0.4, 0.5) is 0 Å². The summed E-state index contributed by atoms with van der Waals surface area (Å²) in [6, 6.07) is 26.9. The Bertz CT molecular complexity index is 906. The highest BCUT2D eigenvalue weighted by Gasteiger charge is 2.12. The first-order valence-corrected chi connectivity index (χ1v) is 8.96. The number of hydrazone groups is 1. The molecule has 3 aromatic rings.